The van der Waals surface area contributed by atoms with Gasteiger partial charge in [0.05, 0.1) is 6.54 Å². The molecular formula is C10H11NO2. The average molecular weight is 177 g/mol. The average Bonchev–Trinajstić information content (AvgIpc) is 2.49. The van der Waals surface area contributed by atoms with Gasteiger partial charge in [-0.05, 0) is 5.56 Å². The molecule has 2 rings (SSSR count). The molecule has 1 aromatic rings. The van der Waals surface area contributed by atoms with Crippen molar-refractivity contribution in [2.75, 3.05) is 13.6 Å². The van der Waals surface area contributed by atoms with E-state index in [0.29, 0.717) is 6.54 Å². The lowest BCUT2D eigenvalue weighted by Gasteiger charge is -2.06. The third-order valence-corrected chi connectivity index (χ3v) is 2.17. The third kappa shape index (κ3) is 1.49. The van der Waals surface area contributed by atoms with Gasteiger partial charge >= 0.3 is 6.09 Å². The van der Waals surface area contributed by atoms with Crippen molar-refractivity contribution in [1.82, 2.24) is 4.90 Å². The van der Waals surface area contributed by atoms with E-state index < -0.39 is 0 Å². The molecule has 3 heteroatoms. The Balaban J connectivity index is 2.17. The fourth-order valence-electron chi connectivity index (χ4n) is 1.41. The molecule has 0 aliphatic carbocycles. The minimum atomic E-state index is -0.242. The second-order valence-electron chi connectivity index (χ2n) is 3.16. The maximum absolute atomic E-state index is 11.1. The first-order valence-electron chi connectivity index (χ1n) is 4.24. The highest BCUT2D eigenvalue weighted by molar-refractivity contribution is 5.69. The van der Waals surface area contributed by atoms with Crippen LogP contribution in [-0.4, -0.2) is 24.6 Å². The number of ether oxygens (including phenoxy) is 1. The summed E-state index contributed by atoms with van der Waals surface area (Å²) < 4.78 is 5.15. The molecule has 0 N–H and O–H groups in total. The molecule has 1 aliphatic heterocycles. The van der Waals surface area contributed by atoms with Crippen LogP contribution in [-0.2, 0) is 4.74 Å². The molecule has 0 bridgehead atoms. The molecule has 0 unspecified atom stereocenters. The molecule has 68 valence electrons. The van der Waals surface area contributed by atoms with Crippen LogP contribution in [0.15, 0.2) is 30.3 Å². The van der Waals surface area contributed by atoms with Crippen LogP contribution in [0, 0.1) is 0 Å². The predicted molar refractivity (Wildman–Crippen MR) is 48.3 cm³/mol. The molecule has 1 aromatic carbocycles. The molecule has 0 aromatic heterocycles. The van der Waals surface area contributed by atoms with Gasteiger partial charge in [0.2, 0.25) is 0 Å². The Labute approximate surface area is 76.9 Å². The minimum absolute atomic E-state index is 0.0984. The lowest BCUT2D eigenvalue weighted by molar-refractivity contribution is 0.135. The highest BCUT2D eigenvalue weighted by Crippen LogP contribution is 2.24. The summed E-state index contributed by atoms with van der Waals surface area (Å²) in [6.45, 7) is 0.642. The van der Waals surface area contributed by atoms with Crippen LogP contribution in [0.25, 0.3) is 0 Å². The monoisotopic (exact) mass is 177 g/mol. The zero-order valence-electron chi connectivity index (χ0n) is 7.43. The third-order valence-electron chi connectivity index (χ3n) is 2.17. The van der Waals surface area contributed by atoms with E-state index in [1.54, 1.807) is 11.9 Å². The Morgan fingerprint density at radius 2 is 2.08 bits per heavy atom. The summed E-state index contributed by atoms with van der Waals surface area (Å²) in [5, 5.41) is 0. The molecule has 1 atom stereocenters. The first-order chi connectivity index (χ1) is 6.27. The maximum Gasteiger partial charge on any atom is 0.410 e. The zero-order chi connectivity index (χ0) is 9.26. The van der Waals surface area contributed by atoms with Crippen LogP contribution in [0.4, 0.5) is 4.79 Å². The van der Waals surface area contributed by atoms with E-state index in [9.17, 15) is 4.79 Å². The second kappa shape index (κ2) is 3.09. The van der Waals surface area contributed by atoms with Gasteiger partial charge in [0.25, 0.3) is 0 Å². The van der Waals surface area contributed by atoms with Crippen molar-refractivity contribution in [3.63, 3.8) is 0 Å². The SMILES string of the molecule is CN1C[C@@H](c2ccccc2)OC1=O. The van der Waals surface area contributed by atoms with Crippen molar-refractivity contribution in [3.05, 3.63) is 35.9 Å². The largest absolute Gasteiger partial charge is 0.439 e. The molecule has 0 saturated carbocycles. The fraction of sp³-hybridized carbons (Fsp3) is 0.300. The van der Waals surface area contributed by atoms with E-state index >= 15 is 0 Å². The Kier molecular flexibility index (Phi) is 1.93. The zero-order valence-corrected chi connectivity index (χ0v) is 7.43. The number of amides is 1. The molecule has 1 heterocycles. The molecular weight excluding hydrogens is 166 g/mol. The van der Waals surface area contributed by atoms with Gasteiger partial charge in [-0.1, -0.05) is 30.3 Å². The lowest BCUT2D eigenvalue weighted by atomic mass is 10.1. The number of nitrogens with zero attached hydrogens (tertiary/aromatic N) is 1. The van der Waals surface area contributed by atoms with Crippen molar-refractivity contribution in [3.8, 4) is 0 Å². The summed E-state index contributed by atoms with van der Waals surface area (Å²) in [6, 6.07) is 9.78. The Hall–Kier alpha value is -1.51. The van der Waals surface area contributed by atoms with Crippen LogP contribution < -0.4 is 0 Å². The van der Waals surface area contributed by atoms with E-state index in [2.05, 4.69) is 0 Å². The number of benzene rings is 1. The topological polar surface area (TPSA) is 29.5 Å². The van der Waals surface area contributed by atoms with E-state index in [4.69, 9.17) is 4.74 Å². The van der Waals surface area contributed by atoms with Gasteiger partial charge in [-0.2, -0.15) is 0 Å². The standard InChI is InChI=1S/C10H11NO2/c1-11-7-9(13-10(11)12)8-5-3-2-4-6-8/h2-6,9H,7H2,1H3/t9-/m0/s1. The number of carbonyl (C=O) groups is 1. The number of hydrogen-bond donors (Lipinski definition) is 0. The summed E-state index contributed by atoms with van der Waals surface area (Å²) in [5.74, 6) is 0. The molecule has 1 amide bonds. The Morgan fingerprint density at radius 3 is 2.62 bits per heavy atom. The van der Waals surface area contributed by atoms with Crippen molar-refractivity contribution in [2.45, 2.75) is 6.10 Å². The van der Waals surface area contributed by atoms with Crippen molar-refractivity contribution in [2.24, 2.45) is 0 Å². The van der Waals surface area contributed by atoms with Crippen molar-refractivity contribution < 1.29 is 9.53 Å². The van der Waals surface area contributed by atoms with E-state index in [1.807, 2.05) is 30.3 Å². The van der Waals surface area contributed by atoms with Gasteiger partial charge in [-0.25, -0.2) is 4.79 Å². The van der Waals surface area contributed by atoms with Crippen molar-refractivity contribution in [1.29, 1.82) is 0 Å². The smallest absolute Gasteiger partial charge is 0.410 e. The maximum atomic E-state index is 11.1. The number of carbonyl (C=O) groups excluding carboxylic acids is 1. The summed E-state index contributed by atoms with van der Waals surface area (Å²) in [5.41, 5.74) is 1.06. The summed E-state index contributed by atoms with van der Waals surface area (Å²) in [4.78, 5) is 12.6. The van der Waals surface area contributed by atoms with Gasteiger partial charge < -0.3 is 9.64 Å². The van der Waals surface area contributed by atoms with Gasteiger partial charge in [0.1, 0.15) is 6.10 Å². The highest BCUT2D eigenvalue weighted by atomic mass is 16.6. The predicted octanol–water partition coefficient (Wildman–Crippen LogP) is 1.81. The second-order valence-corrected chi connectivity index (χ2v) is 3.16. The van der Waals surface area contributed by atoms with Gasteiger partial charge in [0.15, 0.2) is 0 Å². The van der Waals surface area contributed by atoms with Gasteiger partial charge in [-0.3, -0.25) is 0 Å². The number of likely N-dealkylation sites (N-methyl/N-ethyl adjacent to an activating group) is 1. The lowest BCUT2D eigenvalue weighted by Crippen LogP contribution is -2.17. The first kappa shape index (κ1) is 8.10. The highest BCUT2D eigenvalue weighted by Gasteiger charge is 2.28. The van der Waals surface area contributed by atoms with E-state index in [1.165, 1.54) is 0 Å². The van der Waals surface area contributed by atoms with Crippen LogP contribution in [0.3, 0.4) is 0 Å². The van der Waals surface area contributed by atoms with Crippen LogP contribution in [0.2, 0.25) is 0 Å². The number of hydrogen-bond acceptors (Lipinski definition) is 2. The molecule has 0 spiro atoms. The van der Waals surface area contributed by atoms with Gasteiger partial charge in [0, 0.05) is 7.05 Å². The summed E-state index contributed by atoms with van der Waals surface area (Å²) in [6.07, 6.45) is -0.340. The van der Waals surface area contributed by atoms with E-state index in [0.717, 1.165) is 5.56 Å². The molecule has 3 nitrogen and oxygen atoms in total. The molecule has 1 aliphatic rings. The van der Waals surface area contributed by atoms with Crippen LogP contribution in [0.1, 0.15) is 11.7 Å². The summed E-state index contributed by atoms with van der Waals surface area (Å²) >= 11 is 0. The quantitative estimate of drug-likeness (QED) is 0.654. The van der Waals surface area contributed by atoms with Crippen LogP contribution >= 0.6 is 0 Å². The fourth-order valence-corrected chi connectivity index (χ4v) is 1.41. The number of cyclic esters (lactones) is 1. The molecule has 13 heavy (non-hydrogen) atoms. The number of rotatable bonds is 1. The molecule has 1 saturated heterocycles. The van der Waals surface area contributed by atoms with E-state index in [-0.39, 0.29) is 12.2 Å². The van der Waals surface area contributed by atoms with Gasteiger partial charge in [-0.15, -0.1) is 0 Å². The Bertz CT molecular complexity index is 310. The molecule has 1 fully saturated rings. The Morgan fingerprint density at radius 1 is 1.38 bits per heavy atom. The molecule has 0 radical (unpaired) electrons. The van der Waals surface area contributed by atoms with Crippen molar-refractivity contribution >= 4 is 6.09 Å². The normalized spacial score (nSPS) is 21.8. The minimum Gasteiger partial charge on any atom is -0.439 e. The summed E-state index contributed by atoms with van der Waals surface area (Å²) in [7, 11) is 1.74. The first-order valence-corrected chi connectivity index (χ1v) is 4.24. The van der Waals surface area contributed by atoms with Crippen LogP contribution in [0.5, 0.6) is 0 Å².